The van der Waals surface area contributed by atoms with Crippen molar-refractivity contribution in [1.82, 2.24) is 5.32 Å². The first-order valence-electron chi connectivity index (χ1n) is 5.94. The zero-order valence-corrected chi connectivity index (χ0v) is 11.0. The first-order valence-corrected chi connectivity index (χ1v) is 6.31. The minimum atomic E-state index is -0.313. The Hall–Kier alpha value is -0.800. The fourth-order valence-electron chi connectivity index (χ4n) is 2.25. The smallest absolute Gasteiger partial charge is 0.165 e. The molecule has 94 valence electrons. The zero-order chi connectivity index (χ0) is 12.5. The summed E-state index contributed by atoms with van der Waals surface area (Å²) in [5.74, 6) is -0.313. The van der Waals surface area contributed by atoms with E-state index in [1.54, 1.807) is 18.2 Å². The van der Waals surface area contributed by atoms with Crippen molar-refractivity contribution in [1.29, 1.82) is 0 Å². The lowest BCUT2D eigenvalue weighted by Gasteiger charge is -2.31. The van der Waals surface area contributed by atoms with E-state index in [1.165, 1.54) is 0 Å². The Morgan fingerprint density at radius 1 is 1.41 bits per heavy atom. The van der Waals surface area contributed by atoms with Gasteiger partial charge in [0.2, 0.25) is 0 Å². The molecule has 1 aromatic carbocycles. The predicted octanol–water partition coefficient (Wildman–Crippen LogP) is 3.06. The zero-order valence-electron chi connectivity index (χ0n) is 10.3. The molecule has 0 radical (unpaired) electrons. The first kappa shape index (κ1) is 12.7. The first-order chi connectivity index (χ1) is 7.99. The van der Waals surface area contributed by atoms with Crippen molar-refractivity contribution < 1.29 is 4.39 Å². The highest BCUT2D eigenvalue weighted by Crippen LogP contribution is 2.27. The minimum Gasteiger partial charge on any atom is -0.367 e. The average molecular weight is 257 g/mol. The van der Waals surface area contributed by atoms with Gasteiger partial charge >= 0.3 is 0 Å². The second kappa shape index (κ2) is 4.83. The van der Waals surface area contributed by atoms with E-state index in [0.717, 1.165) is 26.1 Å². The molecule has 1 aliphatic rings. The van der Waals surface area contributed by atoms with Gasteiger partial charge in [-0.2, -0.15) is 0 Å². The van der Waals surface area contributed by atoms with Gasteiger partial charge in [-0.05, 0) is 38.9 Å². The average Bonchev–Trinajstić information content (AvgIpc) is 2.43. The topological polar surface area (TPSA) is 15.3 Å². The molecule has 1 heterocycles. The highest BCUT2D eigenvalue weighted by atomic mass is 35.5. The molecule has 1 N–H and O–H groups in total. The summed E-state index contributed by atoms with van der Waals surface area (Å²) in [6.45, 7) is 6.87. The van der Waals surface area contributed by atoms with Crippen molar-refractivity contribution in [3.05, 3.63) is 29.0 Å². The molecule has 0 spiro atoms. The van der Waals surface area contributed by atoms with E-state index in [1.807, 2.05) is 0 Å². The van der Waals surface area contributed by atoms with E-state index in [2.05, 4.69) is 24.1 Å². The normalized spacial score (nSPS) is 20.1. The maximum Gasteiger partial charge on any atom is 0.165 e. The maximum absolute atomic E-state index is 14.0. The highest BCUT2D eigenvalue weighted by molar-refractivity contribution is 6.31. The summed E-state index contributed by atoms with van der Waals surface area (Å²) in [6.07, 6.45) is 1.01. The third-order valence-corrected chi connectivity index (χ3v) is 3.36. The van der Waals surface area contributed by atoms with Crippen molar-refractivity contribution >= 4 is 17.3 Å². The van der Waals surface area contributed by atoms with E-state index >= 15 is 0 Å². The van der Waals surface area contributed by atoms with Crippen LogP contribution in [0.4, 0.5) is 10.1 Å². The lowest BCUT2D eigenvalue weighted by atomic mass is 10.1. The van der Waals surface area contributed by atoms with Gasteiger partial charge in [-0.25, -0.2) is 4.39 Å². The molecule has 0 saturated carbocycles. The van der Waals surface area contributed by atoms with E-state index in [0.29, 0.717) is 5.69 Å². The fourth-order valence-corrected chi connectivity index (χ4v) is 2.42. The van der Waals surface area contributed by atoms with E-state index in [9.17, 15) is 4.39 Å². The highest BCUT2D eigenvalue weighted by Gasteiger charge is 2.25. The summed E-state index contributed by atoms with van der Waals surface area (Å²) in [4.78, 5) is 2.07. The number of benzene rings is 1. The van der Waals surface area contributed by atoms with E-state index < -0.39 is 0 Å². The molecular weight excluding hydrogens is 239 g/mol. The van der Waals surface area contributed by atoms with Gasteiger partial charge in [0.1, 0.15) is 0 Å². The molecule has 0 atom stereocenters. The fraction of sp³-hybridized carbons (Fsp3) is 0.538. The molecular formula is C13H18ClFN2. The SMILES string of the molecule is CC1(C)CN(c2cccc(Cl)c2F)CCCN1. The Morgan fingerprint density at radius 3 is 2.94 bits per heavy atom. The molecule has 1 fully saturated rings. The molecule has 1 saturated heterocycles. The number of hydrogen-bond donors (Lipinski definition) is 1. The van der Waals surface area contributed by atoms with Crippen LogP contribution in [0.2, 0.25) is 5.02 Å². The molecule has 4 heteroatoms. The quantitative estimate of drug-likeness (QED) is 0.831. The summed E-state index contributed by atoms with van der Waals surface area (Å²) in [6, 6.07) is 5.18. The van der Waals surface area contributed by atoms with Gasteiger partial charge in [-0.15, -0.1) is 0 Å². The van der Waals surface area contributed by atoms with Crippen molar-refractivity contribution in [2.24, 2.45) is 0 Å². The summed E-state index contributed by atoms with van der Waals surface area (Å²) in [5, 5.41) is 3.65. The Balaban J connectivity index is 2.29. The molecule has 0 aliphatic carbocycles. The third-order valence-electron chi connectivity index (χ3n) is 3.07. The predicted molar refractivity (Wildman–Crippen MR) is 70.3 cm³/mol. The maximum atomic E-state index is 14.0. The molecule has 0 unspecified atom stereocenters. The molecule has 2 nitrogen and oxygen atoms in total. The van der Waals surface area contributed by atoms with Gasteiger partial charge in [0.05, 0.1) is 10.7 Å². The van der Waals surface area contributed by atoms with Crippen LogP contribution in [0.3, 0.4) is 0 Å². The van der Waals surface area contributed by atoms with Crippen LogP contribution >= 0.6 is 11.6 Å². The second-order valence-corrected chi connectivity index (χ2v) is 5.57. The van der Waals surface area contributed by atoms with Crippen molar-refractivity contribution in [3.8, 4) is 0 Å². The Labute approximate surface area is 107 Å². The number of rotatable bonds is 1. The van der Waals surface area contributed by atoms with Gasteiger partial charge in [0.15, 0.2) is 5.82 Å². The van der Waals surface area contributed by atoms with Crippen LogP contribution in [0, 0.1) is 5.82 Å². The van der Waals surface area contributed by atoms with Crippen LogP contribution in [0.5, 0.6) is 0 Å². The van der Waals surface area contributed by atoms with E-state index in [-0.39, 0.29) is 16.4 Å². The third kappa shape index (κ3) is 2.90. The number of hydrogen-bond acceptors (Lipinski definition) is 2. The number of nitrogens with one attached hydrogen (secondary N) is 1. The molecule has 0 aromatic heterocycles. The lowest BCUT2D eigenvalue weighted by molar-refractivity contribution is 0.415. The molecule has 1 aliphatic heterocycles. The van der Waals surface area contributed by atoms with Crippen LogP contribution in [0.1, 0.15) is 20.3 Å². The number of nitrogens with zero attached hydrogens (tertiary/aromatic N) is 1. The van der Waals surface area contributed by atoms with Crippen molar-refractivity contribution in [2.45, 2.75) is 25.8 Å². The Kier molecular flexibility index (Phi) is 3.59. The van der Waals surface area contributed by atoms with Crippen molar-refractivity contribution in [3.63, 3.8) is 0 Å². The summed E-state index contributed by atoms with van der Waals surface area (Å²) in [5.41, 5.74) is 0.597. The van der Waals surface area contributed by atoms with Gasteiger partial charge in [0, 0.05) is 18.6 Å². The summed E-state index contributed by atoms with van der Waals surface area (Å²) in [7, 11) is 0. The van der Waals surface area contributed by atoms with Crippen molar-refractivity contribution in [2.75, 3.05) is 24.5 Å². The van der Waals surface area contributed by atoms with Crippen LogP contribution < -0.4 is 10.2 Å². The monoisotopic (exact) mass is 256 g/mol. The summed E-state index contributed by atoms with van der Waals surface area (Å²) >= 11 is 5.83. The van der Waals surface area contributed by atoms with Gasteiger partial charge in [-0.1, -0.05) is 17.7 Å². The van der Waals surface area contributed by atoms with Crippen LogP contribution in [-0.4, -0.2) is 25.2 Å². The standard InChI is InChI=1S/C13H18ClFN2/c1-13(2)9-17(8-4-7-16-13)11-6-3-5-10(14)12(11)15/h3,5-6,16H,4,7-9H2,1-2H3. The van der Waals surface area contributed by atoms with Crippen LogP contribution in [0.15, 0.2) is 18.2 Å². The molecule has 0 amide bonds. The molecule has 2 rings (SSSR count). The second-order valence-electron chi connectivity index (χ2n) is 5.16. The van der Waals surface area contributed by atoms with E-state index in [4.69, 9.17) is 11.6 Å². The van der Waals surface area contributed by atoms with Gasteiger partial charge in [-0.3, -0.25) is 0 Å². The molecule has 17 heavy (non-hydrogen) atoms. The molecule has 0 bridgehead atoms. The Morgan fingerprint density at radius 2 is 2.18 bits per heavy atom. The van der Waals surface area contributed by atoms with Gasteiger partial charge < -0.3 is 10.2 Å². The Bertz CT molecular complexity index is 406. The number of halogens is 2. The van der Waals surface area contributed by atoms with Crippen LogP contribution in [0.25, 0.3) is 0 Å². The lowest BCUT2D eigenvalue weighted by Crippen LogP contribution is -2.46. The van der Waals surface area contributed by atoms with Gasteiger partial charge in [0.25, 0.3) is 0 Å². The summed E-state index contributed by atoms with van der Waals surface area (Å²) < 4.78 is 14.0. The largest absolute Gasteiger partial charge is 0.367 e. The minimum absolute atomic E-state index is 0.00867. The van der Waals surface area contributed by atoms with Crippen LogP contribution in [-0.2, 0) is 0 Å². The number of anilines is 1. The molecule has 1 aromatic rings.